The molecular weight excluding hydrogens is 201 g/mol. The lowest BCUT2D eigenvalue weighted by Crippen LogP contribution is -2.26. The molecule has 1 fully saturated rings. The van der Waals surface area contributed by atoms with E-state index in [2.05, 4.69) is 9.84 Å². The van der Waals surface area contributed by atoms with E-state index in [1.807, 2.05) is 0 Å². The van der Waals surface area contributed by atoms with E-state index in [4.69, 9.17) is 4.89 Å². The molecule has 1 unspecified atom stereocenters. The van der Waals surface area contributed by atoms with Crippen molar-refractivity contribution in [2.75, 3.05) is 7.11 Å². The molecule has 1 aliphatic carbocycles. The molecule has 1 saturated carbocycles. The zero-order valence-corrected chi connectivity index (χ0v) is 9.50. The SMILES string of the molecule is COP(=O)(O)[CH]NC1CCCCCC1. The fraction of sp³-hybridized carbons (Fsp3) is 0.889. The van der Waals surface area contributed by atoms with Crippen LogP contribution in [0.2, 0.25) is 0 Å². The van der Waals surface area contributed by atoms with Crippen LogP contribution in [0.5, 0.6) is 0 Å². The van der Waals surface area contributed by atoms with Gasteiger partial charge in [0.25, 0.3) is 0 Å². The van der Waals surface area contributed by atoms with Gasteiger partial charge in [-0.1, -0.05) is 25.7 Å². The van der Waals surface area contributed by atoms with Gasteiger partial charge in [0, 0.05) is 13.2 Å². The summed E-state index contributed by atoms with van der Waals surface area (Å²) in [6.07, 6.45) is 8.34. The zero-order chi connectivity index (χ0) is 10.4. The fourth-order valence-electron chi connectivity index (χ4n) is 1.70. The molecule has 0 heterocycles. The largest absolute Gasteiger partial charge is 0.346 e. The van der Waals surface area contributed by atoms with Gasteiger partial charge in [0.15, 0.2) is 0 Å². The van der Waals surface area contributed by atoms with Crippen molar-refractivity contribution in [3.8, 4) is 0 Å². The first-order valence-electron chi connectivity index (χ1n) is 5.13. The summed E-state index contributed by atoms with van der Waals surface area (Å²) >= 11 is 0. The van der Waals surface area contributed by atoms with Gasteiger partial charge in [-0.2, -0.15) is 0 Å². The van der Waals surface area contributed by atoms with E-state index < -0.39 is 7.60 Å². The highest BCUT2D eigenvalue weighted by molar-refractivity contribution is 7.55. The van der Waals surface area contributed by atoms with Crippen LogP contribution in [0.3, 0.4) is 0 Å². The standard InChI is InChI=1S/C9H19NO3P/c1-13-14(11,12)8-10-9-6-4-2-3-5-7-9/h8-10H,2-7H2,1H3,(H,11,12). The van der Waals surface area contributed by atoms with Gasteiger partial charge in [-0.3, -0.25) is 9.88 Å². The summed E-state index contributed by atoms with van der Waals surface area (Å²) in [6, 6.07) is 0.341. The highest BCUT2D eigenvalue weighted by Gasteiger charge is 2.20. The van der Waals surface area contributed by atoms with Crippen LogP contribution < -0.4 is 5.32 Å². The molecule has 14 heavy (non-hydrogen) atoms. The Bertz CT molecular complexity index is 202. The van der Waals surface area contributed by atoms with Gasteiger partial charge in [0.1, 0.15) is 6.29 Å². The van der Waals surface area contributed by atoms with Crippen LogP contribution in [0.15, 0.2) is 0 Å². The van der Waals surface area contributed by atoms with Crippen molar-refractivity contribution in [3.63, 3.8) is 0 Å². The van der Waals surface area contributed by atoms with Crippen LogP contribution >= 0.6 is 7.60 Å². The van der Waals surface area contributed by atoms with Gasteiger partial charge in [0.05, 0.1) is 0 Å². The Balaban J connectivity index is 2.25. The summed E-state index contributed by atoms with van der Waals surface area (Å²) < 4.78 is 15.6. The van der Waals surface area contributed by atoms with Gasteiger partial charge in [0.2, 0.25) is 0 Å². The lowest BCUT2D eigenvalue weighted by Gasteiger charge is -2.17. The van der Waals surface area contributed by atoms with Crippen molar-refractivity contribution in [2.24, 2.45) is 0 Å². The smallest absolute Gasteiger partial charge is 0.323 e. The number of hydrogen-bond acceptors (Lipinski definition) is 3. The van der Waals surface area contributed by atoms with E-state index in [1.165, 1.54) is 39.1 Å². The topological polar surface area (TPSA) is 58.6 Å². The molecule has 2 N–H and O–H groups in total. The molecule has 1 rings (SSSR count). The highest BCUT2D eigenvalue weighted by Crippen LogP contribution is 2.43. The molecule has 0 bridgehead atoms. The molecule has 5 heteroatoms. The van der Waals surface area contributed by atoms with Crippen LogP contribution in [-0.2, 0) is 9.09 Å². The van der Waals surface area contributed by atoms with E-state index in [-0.39, 0.29) is 0 Å². The molecule has 4 nitrogen and oxygen atoms in total. The first-order chi connectivity index (χ1) is 6.64. The van der Waals surface area contributed by atoms with Gasteiger partial charge in [-0.15, -0.1) is 0 Å². The second kappa shape index (κ2) is 5.86. The van der Waals surface area contributed by atoms with Crippen LogP contribution in [0, 0.1) is 6.29 Å². The highest BCUT2D eigenvalue weighted by atomic mass is 31.2. The molecule has 1 radical (unpaired) electrons. The van der Waals surface area contributed by atoms with Crippen molar-refractivity contribution in [1.29, 1.82) is 0 Å². The summed E-state index contributed by atoms with van der Waals surface area (Å²) in [5, 5.41) is 2.99. The second-order valence-corrected chi connectivity index (χ2v) is 5.48. The Morgan fingerprint density at radius 1 is 1.36 bits per heavy atom. The van der Waals surface area contributed by atoms with Crippen LogP contribution in [0.25, 0.3) is 0 Å². The van der Waals surface area contributed by atoms with E-state index in [9.17, 15) is 4.57 Å². The molecule has 0 spiro atoms. The van der Waals surface area contributed by atoms with E-state index in [0.29, 0.717) is 6.04 Å². The van der Waals surface area contributed by atoms with E-state index >= 15 is 0 Å². The Kier molecular flexibility index (Phi) is 5.10. The average Bonchev–Trinajstić information content (AvgIpc) is 2.43. The van der Waals surface area contributed by atoms with Gasteiger partial charge in [-0.05, 0) is 12.8 Å². The third-order valence-electron chi connectivity index (χ3n) is 2.59. The molecule has 83 valence electrons. The predicted molar refractivity (Wildman–Crippen MR) is 55.8 cm³/mol. The molecule has 0 amide bonds. The fourth-order valence-corrected chi connectivity index (χ4v) is 2.20. The Morgan fingerprint density at radius 2 is 1.93 bits per heavy atom. The zero-order valence-electron chi connectivity index (χ0n) is 8.61. The van der Waals surface area contributed by atoms with E-state index in [1.54, 1.807) is 0 Å². The molecule has 0 aliphatic heterocycles. The van der Waals surface area contributed by atoms with Gasteiger partial charge >= 0.3 is 7.60 Å². The van der Waals surface area contributed by atoms with Crippen molar-refractivity contribution >= 4 is 7.60 Å². The minimum Gasteiger partial charge on any atom is -0.323 e. The number of rotatable bonds is 4. The molecule has 0 aromatic carbocycles. The summed E-state index contributed by atoms with van der Waals surface area (Å²) in [5.74, 6) is 0. The Hall–Kier alpha value is 0.110. The quantitative estimate of drug-likeness (QED) is 0.563. The van der Waals surface area contributed by atoms with Crippen molar-refractivity contribution in [2.45, 2.75) is 44.6 Å². The summed E-state index contributed by atoms with van der Waals surface area (Å²) in [7, 11) is -2.25. The summed E-state index contributed by atoms with van der Waals surface area (Å²) in [6.45, 7) is 0. The van der Waals surface area contributed by atoms with Crippen molar-refractivity contribution in [1.82, 2.24) is 5.32 Å². The van der Waals surface area contributed by atoms with Crippen LogP contribution in [0.1, 0.15) is 38.5 Å². The summed E-state index contributed by atoms with van der Waals surface area (Å²) in [5.41, 5.74) is 0. The monoisotopic (exact) mass is 220 g/mol. The number of nitrogens with one attached hydrogen (secondary N) is 1. The Morgan fingerprint density at radius 3 is 2.43 bits per heavy atom. The lowest BCUT2D eigenvalue weighted by atomic mass is 10.1. The first kappa shape index (κ1) is 12.2. The van der Waals surface area contributed by atoms with Crippen LogP contribution in [-0.4, -0.2) is 18.0 Å². The van der Waals surface area contributed by atoms with Crippen molar-refractivity contribution in [3.05, 3.63) is 6.29 Å². The first-order valence-corrected chi connectivity index (χ1v) is 6.77. The van der Waals surface area contributed by atoms with Crippen LogP contribution in [0.4, 0.5) is 0 Å². The maximum atomic E-state index is 11.1. The third kappa shape index (κ3) is 4.56. The lowest BCUT2D eigenvalue weighted by molar-refractivity contribution is 0.317. The normalized spacial score (nSPS) is 24.1. The molecule has 1 atom stereocenters. The second-order valence-electron chi connectivity index (χ2n) is 3.73. The minimum atomic E-state index is -3.49. The molecule has 0 aromatic rings. The van der Waals surface area contributed by atoms with Crippen molar-refractivity contribution < 1.29 is 14.0 Å². The average molecular weight is 220 g/mol. The van der Waals surface area contributed by atoms with Gasteiger partial charge < -0.3 is 9.42 Å². The third-order valence-corrected chi connectivity index (χ3v) is 3.59. The maximum absolute atomic E-state index is 11.1. The molecule has 0 aromatic heterocycles. The van der Waals surface area contributed by atoms with E-state index in [0.717, 1.165) is 12.8 Å². The molecule has 0 saturated heterocycles. The predicted octanol–water partition coefficient (Wildman–Crippen LogP) is 2.25. The minimum absolute atomic E-state index is 0.341. The maximum Gasteiger partial charge on any atom is 0.346 e. The van der Waals surface area contributed by atoms with Gasteiger partial charge in [-0.25, -0.2) is 0 Å². The number of hydrogen-bond donors (Lipinski definition) is 2. The molecule has 1 aliphatic rings. The summed E-state index contributed by atoms with van der Waals surface area (Å²) in [4.78, 5) is 9.14. The Labute approximate surface area is 85.6 Å². The molecular formula is C9H19NO3P.